The number of hydrogen-bond acceptors (Lipinski definition) is 5. The molecule has 0 spiro atoms. The van der Waals surface area contributed by atoms with Crippen LogP contribution in [0.25, 0.3) is 0 Å². The zero-order valence-electron chi connectivity index (χ0n) is 23.2. The Hall–Kier alpha value is -5.57. The molecule has 4 amide bonds. The molecule has 4 aromatic rings. The molecule has 2 N–H and O–H groups in total. The molecule has 5 rings (SSSR count). The van der Waals surface area contributed by atoms with Crippen molar-refractivity contribution in [3.63, 3.8) is 0 Å². The van der Waals surface area contributed by atoms with E-state index in [1.165, 1.54) is 9.80 Å². The maximum absolute atomic E-state index is 14.1. The van der Waals surface area contributed by atoms with Gasteiger partial charge in [0, 0.05) is 35.1 Å². The minimum absolute atomic E-state index is 0.237. The van der Waals surface area contributed by atoms with Crippen LogP contribution in [0.15, 0.2) is 108 Å². The first kappa shape index (κ1) is 28.0. The predicted octanol–water partition coefficient (Wildman–Crippen LogP) is 4.80. The van der Waals surface area contributed by atoms with Crippen molar-refractivity contribution < 1.29 is 19.2 Å². The fraction of sp³-hybridized carbons (Fsp3) is 0.121. The molecule has 0 saturated heterocycles. The van der Waals surface area contributed by atoms with Crippen molar-refractivity contribution in [2.45, 2.75) is 13.1 Å². The van der Waals surface area contributed by atoms with Gasteiger partial charge in [0.15, 0.2) is 5.78 Å². The Labute approximate surface area is 243 Å². The molecule has 1 atom stereocenters. The van der Waals surface area contributed by atoms with E-state index < -0.39 is 18.1 Å². The Bertz CT molecular complexity index is 1680. The summed E-state index contributed by atoms with van der Waals surface area (Å²) in [5.41, 5.74) is 4.74. The van der Waals surface area contributed by atoms with Gasteiger partial charge in [-0.15, -0.1) is 0 Å². The summed E-state index contributed by atoms with van der Waals surface area (Å²) in [7, 11) is 1.60. The fourth-order valence-corrected chi connectivity index (χ4v) is 4.78. The first-order valence-corrected chi connectivity index (χ1v) is 13.3. The van der Waals surface area contributed by atoms with Gasteiger partial charge in [-0.05, 0) is 36.8 Å². The van der Waals surface area contributed by atoms with Gasteiger partial charge in [-0.1, -0.05) is 78.9 Å². The summed E-state index contributed by atoms with van der Waals surface area (Å²) >= 11 is 0. The molecule has 0 fully saturated rings. The van der Waals surface area contributed by atoms with Crippen molar-refractivity contribution in [3.8, 4) is 0 Å². The second-order valence-electron chi connectivity index (χ2n) is 9.79. The molecule has 210 valence electrons. The number of anilines is 3. The van der Waals surface area contributed by atoms with E-state index in [0.717, 1.165) is 11.1 Å². The van der Waals surface area contributed by atoms with E-state index in [0.29, 0.717) is 40.3 Å². The zero-order valence-corrected chi connectivity index (χ0v) is 23.2. The predicted molar refractivity (Wildman–Crippen MR) is 163 cm³/mol. The maximum Gasteiger partial charge on any atom is 0.321 e. The summed E-state index contributed by atoms with van der Waals surface area (Å²) in [6.45, 7) is 1.61. The van der Waals surface area contributed by atoms with E-state index in [1.807, 2.05) is 61.5 Å². The summed E-state index contributed by atoms with van der Waals surface area (Å²) < 4.78 is 0. The van der Waals surface area contributed by atoms with Gasteiger partial charge in [-0.25, -0.2) is 9.79 Å². The van der Waals surface area contributed by atoms with Crippen molar-refractivity contribution in [1.82, 2.24) is 5.32 Å². The third kappa shape index (κ3) is 5.95. The fourth-order valence-electron chi connectivity index (χ4n) is 4.78. The SMILES string of the molecule is Cc1ccccc1C(=O)CN1C(=O)[C@H](NC(=O)Nc2cccc(N(C)C=O)c2)N=C(c2ccccc2)c2ccccc21. The van der Waals surface area contributed by atoms with Gasteiger partial charge in [0.2, 0.25) is 12.6 Å². The van der Waals surface area contributed by atoms with Gasteiger partial charge in [-0.3, -0.25) is 14.4 Å². The Balaban J connectivity index is 1.51. The van der Waals surface area contributed by atoms with E-state index in [1.54, 1.807) is 55.6 Å². The summed E-state index contributed by atoms with van der Waals surface area (Å²) in [6, 6.07) is 29.9. The number of carbonyl (C=O) groups excluding carboxylic acids is 4. The first-order valence-electron chi connectivity index (χ1n) is 13.3. The number of urea groups is 1. The standard InChI is InChI=1S/C33H29N5O4/c1-22-11-6-7-16-26(22)29(40)20-38-28-18-9-8-17-27(28)30(23-12-4-3-5-13-23)35-31(32(38)41)36-33(42)34-24-14-10-15-25(19-24)37(2)21-39/h3-19,21,31H,20H2,1-2H3,(H2,34,36,42)/t31-/m0/s1. The van der Waals surface area contributed by atoms with E-state index in [2.05, 4.69) is 10.6 Å². The Morgan fingerprint density at radius 3 is 2.40 bits per heavy atom. The van der Waals surface area contributed by atoms with Crippen LogP contribution in [0.5, 0.6) is 0 Å². The highest BCUT2D eigenvalue weighted by Crippen LogP contribution is 2.29. The van der Waals surface area contributed by atoms with Crippen LogP contribution >= 0.6 is 0 Å². The minimum atomic E-state index is -1.34. The van der Waals surface area contributed by atoms with Gasteiger partial charge in [0.25, 0.3) is 5.91 Å². The Morgan fingerprint density at radius 2 is 1.64 bits per heavy atom. The number of aryl methyl sites for hydroxylation is 1. The molecule has 1 aliphatic rings. The molecule has 9 heteroatoms. The molecule has 0 unspecified atom stereocenters. The second-order valence-corrected chi connectivity index (χ2v) is 9.79. The van der Waals surface area contributed by atoms with Crippen LogP contribution in [-0.4, -0.2) is 49.6 Å². The molecule has 1 aliphatic heterocycles. The van der Waals surface area contributed by atoms with Gasteiger partial charge in [-0.2, -0.15) is 0 Å². The highest BCUT2D eigenvalue weighted by Gasteiger charge is 2.34. The second kappa shape index (κ2) is 12.3. The number of aliphatic imine (C=N–C) groups is 1. The quantitative estimate of drug-likeness (QED) is 0.239. The molecule has 9 nitrogen and oxygen atoms in total. The highest BCUT2D eigenvalue weighted by atomic mass is 16.2. The van der Waals surface area contributed by atoms with E-state index >= 15 is 0 Å². The smallest absolute Gasteiger partial charge is 0.318 e. The third-order valence-electron chi connectivity index (χ3n) is 6.94. The number of benzodiazepines with no additional fused rings is 1. The number of nitrogens with zero attached hydrogens (tertiary/aromatic N) is 3. The van der Waals surface area contributed by atoms with Crippen LogP contribution in [0, 0.1) is 6.92 Å². The number of Topliss-reactive ketones (excluding diaryl/α,β-unsaturated/α-hetero) is 1. The molecular weight excluding hydrogens is 530 g/mol. The first-order chi connectivity index (χ1) is 20.4. The number of carbonyl (C=O) groups is 4. The molecule has 0 aliphatic carbocycles. The molecule has 42 heavy (non-hydrogen) atoms. The van der Waals surface area contributed by atoms with Crippen LogP contribution in [0.4, 0.5) is 21.9 Å². The third-order valence-corrected chi connectivity index (χ3v) is 6.94. The van der Waals surface area contributed by atoms with Crippen LogP contribution in [0.2, 0.25) is 0 Å². The molecule has 1 heterocycles. The number of benzene rings is 4. The zero-order chi connectivity index (χ0) is 29.6. The molecular formula is C33H29N5O4. The van der Waals surface area contributed by atoms with Crippen LogP contribution in [0.1, 0.15) is 27.0 Å². The van der Waals surface area contributed by atoms with E-state index in [4.69, 9.17) is 4.99 Å². The number of fused-ring (bicyclic) bond motifs is 1. The Morgan fingerprint density at radius 1 is 0.929 bits per heavy atom. The summed E-state index contributed by atoms with van der Waals surface area (Å²) in [6.07, 6.45) is -0.675. The summed E-state index contributed by atoms with van der Waals surface area (Å²) in [5, 5.41) is 5.40. The van der Waals surface area contributed by atoms with Crippen molar-refractivity contribution in [2.75, 3.05) is 28.7 Å². The van der Waals surface area contributed by atoms with Crippen molar-refractivity contribution >= 4 is 46.9 Å². The lowest BCUT2D eigenvalue weighted by Crippen LogP contribution is -2.50. The van der Waals surface area contributed by atoms with Crippen molar-refractivity contribution in [3.05, 3.63) is 125 Å². The summed E-state index contributed by atoms with van der Waals surface area (Å²) in [5.74, 6) is -0.793. The largest absolute Gasteiger partial charge is 0.321 e. The van der Waals surface area contributed by atoms with Crippen molar-refractivity contribution in [2.24, 2.45) is 4.99 Å². The van der Waals surface area contributed by atoms with Crippen LogP contribution in [0.3, 0.4) is 0 Å². The lowest BCUT2D eigenvalue weighted by Gasteiger charge is -2.25. The number of nitrogens with one attached hydrogen (secondary N) is 2. The van der Waals surface area contributed by atoms with Gasteiger partial charge in [0.1, 0.15) is 0 Å². The number of para-hydroxylation sites is 1. The van der Waals surface area contributed by atoms with Gasteiger partial charge < -0.3 is 20.4 Å². The normalized spacial score (nSPS) is 14.2. The topological polar surface area (TPSA) is 111 Å². The Kier molecular flexibility index (Phi) is 8.19. The maximum atomic E-state index is 14.1. The van der Waals surface area contributed by atoms with Crippen molar-refractivity contribution in [1.29, 1.82) is 0 Å². The lowest BCUT2D eigenvalue weighted by molar-refractivity contribution is -0.120. The number of hydrogen-bond donors (Lipinski definition) is 2. The number of rotatable bonds is 8. The average Bonchev–Trinajstić information content (AvgIpc) is 3.12. The molecule has 4 aromatic carbocycles. The average molecular weight is 560 g/mol. The van der Waals surface area contributed by atoms with E-state index in [9.17, 15) is 19.2 Å². The highest BCUT2D eigenvalue weighted by molar-refractivity contribution is 6.21. The number of amides is 4. The van der Waals surface area contributed by atoms with Gasteiger partial charge >= 0.3 is 6.03 Å². The summed E-state index contributed by atoms with van der Waals surface area (Å²) in [4.78, 5) is 59.4. The monoisotopic (exact) mass is 559 g/mol. The number of ketones is 1. The molecule has 0 saturated carbocycles. The van der Waals surface area contributed by atoms with Crippen LogP contribution in [-0.2, 0) is 9.59 Å². The molecule has 0 aromatic heterocycles. The molecule has 0 radical (unpaired) electrons. The minimum Gasteiger partial charge on any atom is -0.318 e. The van der Waals surface area contributed by atoms with Crippen LogP contribution < -0.4 is 20.4 Å². The molecule has 0 bridgehead atoms. The van der Waals surface area contributed by atoms with E-state index in [-0.39, 0.29) is 12.3 Å². The van der Waals surface area contributed by atoms with Gasteiger partial charge in [0.05, 0.1) is 17.9 Å². The lowest BCUT2D eigenvalue weighted by atomic mass is 9.99.